The molecule has 6 rings (SSSR count). The van der Waals surface area contributed by atoms with Gasteiger partial charge in [0.15, 0.2) is 0 Å². The van der Waals surface area contributed by atoms with Crippen molar-refractivity contribution in [1.29, 1.82) is 0 Å². The summed E-state index contributed by atoms with van der Waals surface area (Å²) in [7, 11) is -2.17. The summed E-state index contributed by atoms with van der Waals surface area (Å²) in [6, 6.07) is 14.2. The van der Waals surface area contributed by atoms with Crippen molar-refractivity contribution in [3.63, 3.8) is 0 Å². The first-order valence-electron chi connectivity index (χ1n) is 19.1. The number of halogens is 4. The number of nitrogens with one attached hydrogen (secondary N) is 3. The lowest BCUT2D eigenvalue weighted by atomic mass is 10.0. The van der Waals surface area contributed by atoms with Gasteiger partial charge in [-0.3, -0.25) is 9.59 Å². The summed E-state index contributed by atoms with van der Waals surface area (Å²) < 4.78 is 98.6. The summed E-state index contributed by atoms with van der Waals surface area (Å²) in [6.45, 7) is 4.92. The van der Waals surface area contributed by atoms with E-state index in [0.717, 1.165) is 40.5 Å². The molecule has 14 nitrogen and oxygen atoms in total. The number of carbonyl (C=O) groups excluding carboxylic acids is 3. The highest BCUT2D eigenvalue weighted by Crippen LogP contribution is 2.24. The van der Waals surface area contributed by atoms with E-state index in [4.69, 9.17) is 9.47 Å². The smallest absolute Gasteiger partial charge is 0.330 e. The third-order valence-corrected chi connectivity index (χ3v) is 11.1. The molecule has 3 N–H and O–H groups in total. The van der Waals surface area contributed by atoms with Gasteiger partial charge < -0.3 is 34.4 Å². The van der Waals surface area contributed by atoms with Crippen LogP contribution in [0, 0.1) is 23.3 Å². The summed E-state index contributed by atoms with van der Waals surface area (Å²) in [5.74, 6) is -5.41. The molecule has 2 aliphatic rings. The Morgan fingerprint density at radius 3 is 1.35 bits per heavy atom. The topological polar surface area (TPSA) is 153 Å². The van der Waals surface area contributed by atoms with Gasteiger partial charge in [-0.2, -0.15) is 40.1 Å². The lowest BCUT2D eigenvalue weighted by Gasteiger charge is -2.30. The lowest BCUT2D eigenvalue weighted by Crippen LogP contribution is -2.57. The second kappa shape index (κ2) is 22.3. The van der Waals surface area contributed by atoms with Crippen LogP contribution in [-0.4, -0.2) is 105 Å². The van der Waals surface area contributed by atoms with Crippen molar-refractivity contribution in [3.8, 4) is 0 Å². The number of benzene rings is 4. The summed E-state index contributed by atoms with van der Waals surface area (Å²) in [4.78, 5) is 47.9. The normalized spacial score (nSPS) is 15.0. The van der Waals surface area contributed by atoms with Gasteiger partial charge in [-0.05, 0) is 90.3 Å². The van der Waals surface area contributed by atoms with Crippen LogP contribution >= 0.6 is 27.0 Å². The maximum atomic E-state index is 14.2. The van der Waals surface area contributed by atoms with Crippen LogP contribution in [-0.2, 0) is 42.1 Å². The van der Waals surface area contributed by atoms with Crippen LogP contribution in [0.5, 0.6) is 0 Å². The van der Waals surface area contributed by atoms with Gasteiger partial charge in [0.1, 0.15) is 35.4 Å². The zero-order valence-corrected chi connectivity index (χ0v) is 36.7. The van der Waals surface area contributed by atoms with Gasteiger partial charge in [0, 0.05) is 81.6 Å². The van der Waals surface area contributed by atoms with Crippen LogP contribution in [0.2, 0.25) is 0 Å². The van der Waals surface area contributed by atoms with Crippen molar-refractivity contribution < 1.29 is 49.8 Å². The molecule has 21 heteroatoms. The SMILES string of the molecule is CN(C(=O)[C@H](Cc1cc(F)cc(F)c1)NC(=O)NS(=O)(=O)N[C@@H](Cc1cc(F)cc(F)c1)C(=O)N(C)c1ccc(N2CCOCC2)cc1)c1ccc(N2CCOCC2)cc1.S.S. The van der Waals surface area contributed by atoms with Gasteiger partial charge >= 0.3 is 16.2 Å². The Hall–Kier alpha value is -5.06. The molecule has 2 saturated heterocycles. The molecule has 0 aromatic heterocycles. The van der Waals surface area contributed by atoms with Gasteiger partial charge in [0.05, 0.1) is 26.4 Å². The number of ether oxygens (including phenoxy) is 2. The number of nitrogens with zero attached hydrogens (tertiary/aromatic N) is 4. The zero-order chi connectivity index (χ0) is 43.0. The summed E-state index contributed by atoms with van der Waals surface area (Å²) >= 11 is 0. The fourth-order valence-electron chi connectivity index (χ4n) is 6.97. The Labute approximate surface area is 371 Å². The van der Waals surface area contributed by atoms with Crippen LogP contribution < -0.4 is 34.4 Å². The highest BCUT2D eigenvalue weighted by atomic mass is 32.2. The molecular weight excluding hydrogens is 875 g/mol. The van der Waals surface area contributed by atoms with Crippen LogP contribution in [0.15, 0.2) is 84.9 Å². The molecule has 0 bridgehead atoms. The fourth-order valence-corrected chi connectivity index (χ4v) is 7.89. The predicted octanol–water partition coefficient (Wildman–Crippen LogP) is 4.12. The van der Waals surface area contributed by atoms with Gasteiger partial charge in [0.25, 0.3) is 0 Å². The van der Waals surface area contributed by atoms with Crippen molar-refractivity contribution in [2.75, 3.05) is 86.3 Å². The van der Waals surface area contributed by atoms with Crippen molar-refractivity contribution in [1.82, 2.24) is 14.8 Å². The summed E-state index contributed by atoms with van der Waals surface area (Å²) in [5, 5.41) is 2.29. The molecular formula is C41H49F4N7O7S3. The van der Waals surface area contributed by atoms with Crippen molar-refractivity contribution in [2.45, 2.75) is 24.9 Å². The Morgan fingerprint density at radius 2 is 0.968 bits per heavy atom. The highest BCUT2D eigenvalue weighted by molar-refractivity contribution is 7.88. The summed E-state index contributed by atoms with van der Waals surface area (Å²) in [5.41, 5.74) is 2.45. The number of anilines is 4. The molecule has 0 spiro atoms. The molecule has 62 heavy (non-hydrogen) atoms. The van der Waals surface area contributed by atoms with Crippen LogP contribution in [0.1, 0.15) is 11.1 Å². The van der Waals surface area contributed by atoms with E-state index in [1.807, 2.05) is 0 Å². The number of urea groups is 1. The zero-order valence-electron chi connectivity index (χ0n) is 33.9. The van der Waals surface area contributed by atoms with Crippen LogP contribution in [0.3, 0.4) is 0 Å². The molecule has 0 unspecified atom stereocenters. The fraction of sp³-hybridized carbons (Fsp3) is 0.341. The van der Waals surface area contributed by atoms with Crippen LogP contribution in [0.25, 0.3) is 0 Å². The summed E-state index contributed by atoms with van der Waals surface area (Å²) in [6.07, 6.45) is -0.987. The minimum absolute atomic E-state index is 0. The molecule has 4 aromatic carbocycles. The largest absolute Gasteiger partial charge is 0.378 e. The van der Waals surface area contributed by atoms with Gasteiger partial charge in [0.2, 0.25) is 11.8 Å². The Kier molecular flexibility index (Phi) is 17.9. The third kappa shape index (κ3) is 13.5. The molecule has 2 fully saturated rings. The molecule has 4 aromatic rings. The first-order chi connectivity index (χ1) is 28.6. The number of carbonyl (C=O) groups is 3. The van der Waals surface area contributed by atoms with E-state index in [1.54, 1.807) is 53.3 Å². The number of likely N-dealkylation sites (N-methyl/N-ethyl adjacent to an activating group) is 2. The van der Waals surface area contributed by atoms with E-state index in [2.05, 4.69) is 19.8 Å². The average molecular weight is 924 g/mol. The average Bonchev–Trinajstić information content (AvgIpc) is 3.22. The second-order valence-corrected chi connectivity index (χ2v) is 15.7. The van der Waals surface area contributed by atoms with Crippen molar-refractivity contribution >= 4 is 77.8 Å². The maximum Gasteiger partial charge on any atom is 0.330 e. The van der Waals surface area contributed by atoms with E-state index in [-0.39, 0.29) is 38.1 Å². The van der Waals surface area contributed by atoms with Gasteiger partial charge in [-0.1, -0.05) is 0 Å². The Bertz CT molecular complexity index is 2230. The number of hydrogen-bond acceptors (Lipinski definition) is 9. The van der Waals surface area contributed by atoms with E-state index in [9.17, 15) is 40.4 Å². The minimum Gasteiger partial charge on any atom is -0.378 e. The van der Waals surface area contributed by atoms with Crippen molar-refractivity contribution in [3.05, 3.63) is 119 Å². The number of rotatable bonds is 14. The van der Waals surface area contributed by atoms with E-state index in [0.29, 0.717) is 76.1 Å². The number of morpholine rings is 2. The number of amides is 4. The Morgan fingerprint density at radius 1 is 0.613 bits per heavy atom. The molecule has 2 atom stereocenters. The molecule has 0 aliphatic carbocycles. The number of hydrogen-bond donors (Lipinski definition) is 3. The monoisotopic (exact) mass is 923 g/mol. The quantitative estimate of drug-likeness (QED) is 0.159. The Balaban J connectivity index is 0.00000422. The first-order valence-corrected chi connectivity index (χ1v) is 20.5. The second-order valence-electron chi connectivity index (χ2n) is 14.3. The molecule has 2 aliphatic heterocycles. The molecule has 0 radical (unpaired) electrons. The van der Waals surface area contributed by atoms with Crippen LogP contribution in [0.4, 0.5) is 45.1 Å². The lowest BCUT2D eigenvalue weighted by molar-refractivity contribution is -0.120. The van der Waals surface area contributed by atoms with Gasteiger partial charge in [-0.25, -0.2) is 27.1 Å². The third-order valence-electron chi connectivity index (χ3n) is 10.0. The molecule has 2 heterocycles. The van der Waals surface area contributed by atoms with E-state index >= 15 is 0 Å². The van der Waals surface area contributed by atoms with Crippen molar-refractivity contribution in [2.24, 2.45) is 0 Å². The molecule has 4 amide bonds. The molecule has 0 saturated carbocycles. The van der Waals surface area contributed by atoms with E-state index < -0.39 is 76.2 Å². The molecule has 336 valence electrons. The first kappa shape index (κ1) is 49.6. The van der Waals surface area contributed by atoms with E-state index in [1.165, 1.54) is 19.0 Å². The minimum atomic E-state index is -4.97. The maximum absolute atomic E-state index is 14.2. The highest BCUT2D eigenvalue weighted by Gasteiger charge is 2.32. The standard InChI is InChI=1S/C41H45F4N7O7S.2H2S/c1-49(33-3-7-35(8-4-33)51-11-15-58-16-12-51)39(53)37(23-27-19-29(42)25-30(43)20-27)46-41(55)48-60(56,57)47-38(24-28-21-31(44)26-32(45)22-28)40(54)50(2)34-5-9-36(10-6-34)52-13-17-59-18-14-52;;/h3-10,19-22,25-26,37-38,47H,11-18,23-24H2,1-2H3,(H2,46,48,55);2*1H2/t37-,38-;;/m0../s1. The van der Waals surface area contributed by atoms with Gasteiger partial charge in [-0.15, -0.1) is 0 Å². The predicted molar refractivity (Wildman–Crippen MR) is 238 cm³/mol.